The van der Waals surface area contributed by atoms with Gasteiger partial charge in [-0.1, -0.05) is 6.92 Å². The number of rotatable bonds is 1. The standard InChI is InChI=1S/C6H6B2N2/c1-2-4-5(7)9-3-10-6(4)8/h3H,2H2,1H3. The van der Waals surface area contributed by atoms with Crippen LogP contribution in [0, 0.1) is 0 Å². The highest BCUT2D eigenvalue weighted by molar-refractivity contribution is 6.37. The highest BCUT2D eigenvalue weighted by Crippen LogP contribution is 1.84. The third-order valence-corrected chi connectivity index (χ3v) is 1.37. The Bertz CT molecular complexity index is 217. The van der Waals surface area contributed by atoms with Crippen molar-refractivity contribution in [3.05, 3.63) is 11.9 Å². The van der Waals surface area contributed by atoms with Gasteiger partial charge in [-0.15, -0.1) is 0 Å². The van der Waals surface area contributed by atoms with Crippen LogP contribution in [-0.4, -0.2) is 25.7 Å². The van der Waals surface area contributed by atoms with Crippen molar-refractivity contribution in [2.75, 3.05) is 0 Å². The number of hydrogen-bond acceptors (Lipinski definition) is 2. The van der Waals surface area contributed by atoms with Crippen LogP contribution < -0.4 is 11.2 Å². The van der Waals surface area contributed by atoms with Gasteiger partial charge in [-0.25, -0.2) is 0 Å². The molecule has 1 aromatic heterocycles. The monoisotopic (exact) mass is 128 g/mol. The molecule has 0 saturated heterocycles. The van der Waals surface area contributed by atoms with E-state index in [-0.39, 0.29) is 0 Å². The van der Waals surface area contributed by atoms with Crippen LogP contribution in [0.15, 0.2) is 6.33 Å². The molecule has 4 heteroatoms. The lowest BCUT2D eigenvalue weighted by molar-refractivity contribution is 1.10. The molecule has 1 heterocycles. The van der Waals surface area contributed by atoms with Crippen molar-refractivity contribution in [1.82, 2.24) is 9.97 Å². The van der Waals surface area contributed by atoms with Crippen LogP contribution in [0.2, 0.25) is 0 Å². The molecule has 0 aliphatic carbocycles. The van der Waals surface area contributed by atoms with Gasteiger partial charge in [0.1, 0.15) is 22.0 Å². The van der Waals surface area contributed by atoms with Crippen LogP contribution in [0.5, 0.6) is 0 Å². The Labute approximate surface area is 62.9 Å². The minimum atomic E-state index is 0.481. The maximum atomic E-state index is 5.50. The smallest absolute Gasteiger partial charge is 0.142 e. The summed E-state index contributed by atoms with van der Waals surface area (Å²) in [5.74, 6) is 0. The van der Waals surface area contributed by atoms with Crippen molar-refractivity contribution in [2.24, 2.45) is 0 Å². The molecule has 0 spiro atoms. The van der Waals surface area contributed by atoms with E-state index >= 15 is 0 Å². The lowest BCUT2D eigenvalue weighted by atomic mass is 9.88. The first-order valence-electron chi connectivity index (χ1n) is 3.10. The second-order valence-corrected chi connectivity index (χ2v) is 1.98. The predicted molar refractivity (Wildman–Crippen MR) is 42.2 cm³/mol. The van der Waals surface area contributed by atoms with Crippen LogP contribution in [-0.2, 0) is 6.42 Å². The molecule has 1 aromatic rings. The number of aromatic nitrogens is 2. The molecule has 46 valence electrons. The van der Waals surface area contributed by atoms with Gasteiger partial charge in [0, 0.05) is 0 Å². The van der Waals surface area contributed by atoms with Crippen LogP contribution in [0.1, 0.15) is 12.5 Å². The third kappa shape index (κ3) is 1.20. The average molecular weight is 128 g/mol. The molecule has 4 radical (unpaired) electrons. The van der Waals surface area contributed by atoms with Crippen LogP contribution >= 0.6 is 0 Å². The van der Waals surface area contributed by atoms with Crippen LogP contribution in [0.25, 0.3) is 0 Å². The lowest BCUT2D eigenvalue weighted by Crippen LogP contribution is -2.27. The second-order valence-electron chi connectivity index (χ2n) is 1.98. The molecule has 0 atom stereocenters. The summed E-state index contributed by atoms with van der Waals surface area (Å²) in [4.78, 5) is 7.59. The largest absolute Gasteiger partial charge is 0.253 e. The van der Waals surface area contributed by atoms with Gasteiger partial charge in [0.05, 0.1) is 0 Å². The van der Waals surface area contributed by atoms with Crippen molar-refractivity contribution >= 4 is 26.9 Å². The number of hydrogen-bond donors (Lipinski definition) is 0. The fraction of sp³-hybridized carbons (Fsp3) is 0.333. The van der Waals surface area contributed by atoms with Gasteiger partial charge in [0.2, 0.25) is 0 Å². The maximum absolute atomic E-state index is 5.50. The van der Waals surface area contributed by atoms with E-state index in [4.69, 9.17) is 15.7 Å². The molecule has 0 aliphatic heterocycles. The van der Waals surface area contributed by atoms with E-state index in [1.54, 1.807) is 0 Å². The predicted octanol–water partition coefficient (Wildman–Crippen LogP) is -1.37. The molecule has 2 nitrogen and oxygen atoms in total. The minimum absolute atomic E-state index is 0.481. The zero-order valence-electron chi connectivity index (χ0n) is 5.83. The lowest BCUT2D eigenvalue weighted by Gasteiger charge is -2.03. The van der Waals surface area contributed by atoms with E-state index < -0.39 is 0 Å². The summed E-state index contributed by atoms with van der Waals surface area (Å²) in [5.41, 5.74) is 1.80. The van der Waals surface area contributed by atoms with E-state index in [1.807, 2.05) is 6.92 Å². The van der Waals surface area contributed by atoms with Gasteiger partial charge in [-0.05, 0) is 23.2 Å². The van der Waals surface area contributed by atoms with Gasteiger partial charge >= 0.3 is 0 Å². The Kier molecular flexibility index (Phi) is 2.10. The summed E-state index contributed by atoms with van der Waals surface area (Å²) < 4.78 is 0. The molecule has 0 aromatic carbocycles. The van der Waals surface area contributed by atoms with Crippen molar-refractivity contribution in [2.45, 2.75) is 13.3 Å². The molecule has 0 unspecified atom stereocenters. The molecular weight excluding hydrogens is 122 g/mol. The SMILES string of the molecule is [B]c1ncnc([B])c1CC. The molecule has 0 bridgehead atoms. The highest BCUT2D eigenvalue weighted by Gasteiger charge is 1.98. The quantitative estimate of drug-likeness (QED) is 0.435. The Hall–Kier alpha value is -0.790. The van der Waals surface area contributed by atoms with Crippen molar-refractivity contribution in [1.29, 1.82) is 0 Å². The summed E-state index contributed by atoms with van der Waals surface area (Å²) in [6, 6.07) is 0. The summed E-state index contributed by atoms with van der Waals surface area (Å²) in [7, 11) is 11.0. The van der Waals surface area contributed by atoms with Gasteiger partial charge in [0.15, 0.2) is 0 Å². The molecule has 0 saturated carbocycles. The van der Waals surface area contributed by atoms with E-state index in [0.29, 0.717) is 11.2 Å². The Balaban J connectivity index is 3.17. The molecule has 0 fully saturated rings. The van der Waals surface area contributed by atoms with Crippen molar-refractivity contribution < 1.29 is 0 Å². The van der Waals surface area contributed by atoms with E-state index in [9.17, 15) is 0 Å². The van der Waals surface area contributed by atoms with Gasteiger partial charge in [-0.2, -0.15) is 0 Å². The number of nitrogens with zero attached hydrogens (tertiary/aromatic N) is 2. The Morgan fingerprint density at radius 1 is 1.30 bits per heavy atom. The topological polar surface area (TPSA) is 25.8 Å². The Morgan fingerprint density at radius 2 is 1.80 bits per heavy atom. The van der Waals surface area contributed by atoms with Crippen molar-refractivity contribution in [3.63, 3.8) is 0 Å². The van der Waals surface area contributed by atoms with Crippen molar-refractivity contribution in [3.8, 4) is 0 Å². The first-order chi connectivity index (χ1) is 4.75. The average Bonchev–Trinajstić information content (AvgIpc) is 1.88. The second kappa shape index (κ2) is 2.86. The first kappa shape index (κ1) is 7.32. The van der Waals surface area contributed by atoms with Gasteiger partial charge in [0.25, 0.3) is 0 Å². The fourth-order valence-electron chi connectivity index (χ4n) is 0.803. The van der Waals surface area contributed by atoms with Gasteiger partial charge in [-0.3, -0.25) is 9.97 Å². The summed E-state index contributed by atoms with van der Waals surface area (Å²) >= 11 is 0. The fourth-order valence-corrected chi connectivity index (χ4v) is 0.803. The maximum Gasteiger partial charge on any atom is 0.142 e. The third-order valence-electron chi connectivity index (χ3n) is 1.37. The molecule has 0 amide bonds. The van der Waals surface area contributed by atoms with Gasteiger partial charge < -0.3 is 0 Å². The van der Waals surface area contributed by atoms with Crippen LogP contribution in [0.3, 0.4) is 0 Å². The molecule has 0 aliphatic rings. The minimum Gasteiger partial charge on any atom is -0.253 e. The Morgan fingerprint density at radius 3 is 2.10 bits per heavy atom. The summed E-state index contributed by atoms with van der Waals surface area (Å²) in [5, 5.41) is 0. The van der Waals surface area contributed by atoms with E-state index in [0.717, 1.165) is 12.0 Å². The normalized spacial score (nSPS) is 9.70. The zero-order valence-corrected chi connectivity index (χ0v) is 5.83. The molecule has 10 heavy (non-hydrogen) atoms. The first-order valence-corrected chi connectivity index (χ1v) is 3.10. The summed E-state index contributed by atoms with van der Waals surface area (Å²) in [6.07, 6.45) is 2.14. The van der Waals surface area contributed by atoms with E-state index in [1.165, 1.54) is 6.33 Å². The summed E-state index contributed by atoms with van der Waals surface area (Å²) in [6.45, 7) is 1.96. The van der Waals surface area contributed by atoms with E-state index in [2.05, 4.69) is 9.97 Å². The van der Waals surface area contributed by atoms with Crippen LogP contribution in [0.4, 0.5) is 0 Å². The molecule has 1 rings (SSSR count). The molecular formula is C6H6B2N2. The molecule has 0 N–H and O–H groups in total. The zero-order chi connectivity index (χ0) is 7.56. The highest BCUT2D eigenvalue weighted by atomic mass is 14.8.